The number of aryl methyl sites for hydroxylation is 1. The molecule has 3 aromatic heterocycles. The summed E-state index contributed by atoms with van der Waals surface area (Å²) in [5, 5.41) is 11.8. The zero-order valence-electron chi connectivity index (χ0n) is 17.3. The molecule has 0 fully saturated rings. The van der Waals surface area contributed by atoms with E-state index in [1.807, 2.05) is 6.92 Å². The average Bonchev–Trinajstić information content (AvgIpc) is 3.09. The first-order chi connectivity index (χ1) is 14.7. The van der Waals surface area contributed by atoms with Crippen molar-refractivity contribution in [3.8, 4) is 0 Å². The van der Waals surface area contributed by atoms with Crippen LogP contribution in [-0.2, 0) is 24.3 Å². The molecule has 0 radical (unpaired) electrons. The predicted octanol–water partition coefficient (Wildman–Crippen LogP) is 4.12. The van der Waals surface area contributed by atoms with E-state index in [0.29, 0.717) is 23.4 Å². The molecule has 5 rings (SSSR count). The second-order valence-electron chi connectivity index (χ2n) is 8.44. The highest BCUT2D eigenvalue weighted by atomic mass is 32.1. The number of thiophene rings is 1. The Kier molecular flexibility index (Phi) is 4.42. The summed E-state index contributed by atoms with van der Waals surface area (Å²) in [6, 6.07) is 6.19. The van der Waals surface area contributed by atoms with E-state index in [-0.39, 0.29) is 16.8 Å². The minimum Gasteiger partial charge on any atom is -0.370 e. The number of non-ortho nitro benzene ring substituents is 1. The fourth-order valence-corrected chi connectivity index (χ4v) is 5.25. The average molecular weight is 436 g/mol. The van der Waals surface area contributed by atoms with Gasteiger partial charge < -0.3 is 4.74 Å². The van der Waals surface area contributed by atoms with Gasteiger partial charge in [0.05, 0.1) is 35.5 Å². The van der Waals surface area contributed by atoms with E-state index < -0.39 is 4.92 Å². The van der Waals surface area contributed by atoms with Crippen molar-refractivity contribution in [2.24, 2.45) is 0 Å². The van der Waals surface area contributed by atoms with Crippen molar-refractivity contribution in [2.75, 3.05) is 0 Å². The molecule has 8 nitrogen and oxygen atoms in total. The van der Waals surface area contributed by atoms with Crippen molar-refractivity contribution >= 4 is 37.5 Å². The number of nitrogens with zero attached hydrogens (tertiary/aromatic N) is 4. The Labute approximate surface area is 181 Å². The van der Waals surface area contributed by atoms with Gasteiger partial charge in [-0.1, -0.05) is 12.1 Å². The Morgan fingerprint density at radius 3 is 2.71 bits per heavy atom. The minimum absolute atomic E-state index is 0.0207. The summed E-state index contributed by atoms with van der Waals surface area (Å²) in [7, 11) is 0. The largest absolute Gasteiger partial charge is 0.370 e. The molecule has 31 heavy (non-hydrogen) atoms. The summed E-state index contributed by atoms with van der Waals surface area (Å²) < 4.78 is 8.08. The van der Waals surface area contributed by atoms with Crippen molar-refractivity contribution in [1.29, 1.82) is 0 Å². The fourth-order valence-electron chi connectivity index (χ4n) is 4.09. The maximum atomic E-state index is 13.2. The van der Waals surface area contributed by atoms with Gasteiger partial charge in [0, 0.05) is 35.2 Å². The second kappa shape index (κ2) is 6.93. The van der Waals surface area contributed by atoms with Crippen molar-refractivity contribution < 1.29 is 9.66 Å². The van der Waals surface area contributed by atoms with Gasteiger partial charge in [0.15, 0.2) is 0 Å². The molecule has 0 saturated heterocycles. The lowest BCUT2D eigenvalue weighted by molar-refractivity contribution is -0.384. The number of pyridine rings is 1. The van der Waals surface area contributed by atoms with Crippen LogP contribution in [0.2, 0.25) is 0 Å². The molecule has 1 aliphatic heterocycles. The molecule has 158 valence electrons. The summed E-state index contributed by atoms with van der Waals surface area (Å²) >= 11 is 1.37. The SMILES string of the molecule is Cc1nc2sc3c(=O)n(Cc4ccc([N+](=O)[O-])cc4)cnc3c2c2c1COC(C)(C)C2. The molecule has 0 saturated carbocycles. The summed E-state index contributed by atoms with van der Waals surface area (Å²) in [5.74, 6) is 0. The van der Waals surface area contributed by atoms with Crippen LogP contribution in [0.15, 0.2) is 35.4 Å². The lowest BCUT2D eigenvalue weighted by atomic mass is 9.89. The molecule has 0 amide bonds. The highest BCUT2D eigenvalue weighted by molar-refractivity contribution is 7.25. The minimum atomic E-state index is -0.442. The molecular weight excluding hydrogens is 416 g/mol. The predicted molar refractivity (Wildman–Crippen MR) is 119 cm³/mol. The standard InChI is InChI=1S/C22H20N4O4S/c1-12-16-10-30-22(2,3)8-15(16)17-18-19(31-20(17)24-12)21(27)25(11-23-18)9-13-4-6-14(7-5-13)26(28)29/h4-7,11H,8-10H2,1-3H3. The van der Waals surface area contributed by atoms with Crippen LogP contribution in [0.1, 0.15) is 36.2 Å². The lowest BCUT2D eigenvalue weighted by Gasteiger charge is -2.32. The van der Waals surface area contributed by atoms with Gasteiger partial charge in [0.1, 0.15) is 9.53 Å². The molecular formula is C22H20N4O4S. The van der Waals surface area contributed by atoms with E-state index in [4.69, 9.17) is 9.72 Å². The second-order valence-corrected chi connectivity index (χ2v) is 9.44. The van der Waals surface area contributed by atoms with Crippen LogP contribution in [0.5, 0.6) is 0 Å². The molecule has 4 aromatic rings. The van der Waals surface area contributed by atoms with Gasteiger partial charge in [-0.3, -0.25) is 19.5 Å². The Bertz CT molecular complexity index is 1420. The van der Waals surface area contributed by atoms with Crippen molar-refractivity contribution in [2.45, 2.75) is 45.9 Å². The van der Waals surface area contributed by atoms with Gasteiger partial charge >= 0.3 is 0 Å². The highest BCUT2D eigenvalue weighted by Crippen LogP contribution is 2.39. The van der Waals surface area contributed by atoms with E-state index in [0.717, 1.165) is 33.5 Å². The summed E-state index contributed by atoms with van der Waals surface area (Å²) in [6.45, 7) is 6.91. The van der Waals surface area contributed by atoms with Crippen molar-refractivity contribution in [1.82, 2.24) is 14.5 Å². The van der Waals surface area contributed by atoms with Crippen LogP contribution in [0.3, 0.4) is 0 Å². The Morgan fingerprint density at radius 2 is 2.00 bits per heavy atom. The number of hydrogen-bond acceptors (Lipinski definition) is 7. The Morgan fingerprint density at radius 1 is 1.26 bits per heavy atom. The summed E-state index contributed by atoms with van der Waals surface area (Å²) in [6.07, 6.45) is 2.29. The van der Waals surface area contributed by atoms with Crippen LogP contribution in [0.4, 0.5) is 5.69 Å². The van der Waals surface area contributed by atoms with E-state index >= 15 is 0 Å². The lowest BCUT2D eigenvalue weighted by Crippen LogP contribution is -2.32. The number of fused-ring (bicyclic) bond motifs is 5. The third-order valence-electron chi connectivity index (χ3n) is 5.73. The third-order valence-corrected chi connectivity index (χ3v) is 6.79. The fraction of sp³-hybridized carbons (Fsp3) is 0.318. The van der Waals surface area contributed by atoms with E-state index in [2.05, 4.69) is 18.8 Å². The number of benzene rings is 1. The number of hydrogen-bond donors (Lipinski definition) is 0. The summed E-state index contributed by atoms with van der Waals surface area (Å²) in [4.78, 5) is 33.8. The highest BCUT2D eigenvalue weighted by Gasteiger charge is 2.31. The topological polar surface area (TPSA) is 100 Å². The first kappa shape index (κ1) is 19.8. The summed E-state index contributed by atoms with van der Waals surface area (Å²) in [5.41, 5.74) is 4.26. The maximum absolute atomic E-state index is 13.2. The zero-order chi connectivity index (χ0) is 21.9. The molecule has 4 heterocycles. The van der Waals surface area contributed by atoms with Crippen LogP contribution in [0.25, 0.3) is 20.4 Å². The normalized spacial score (nSPS) is 15.3. The van der Waals surface area contributed by atoms with Crippen molar-refractivity contribution in [3.05, 3.63) is 73.4 Å². The molecule has 0 N–H and O–H groups in total. The monoisotopic (exact) mass is 436 g/mol. The van der Waals surface area contributed by atoms with Crippen LogP contribution >= 0.6 is 11.3 Å². The quantitative estimate of drug-likeness (QED) is 0.354. The Balaban J connectivity index is 1.63. The molecule has 0 bridgehead atoms. The van der Waals surface area contributed by atoms with Crippen LogP contribution < -0.4 is 5.56 Å². The zero-order valence-corrected chi connectivity index (χ0v) is 18.2. The van der Waals surface area contributed by atoms with Gasteiger partial charge in [-0.05, 0) is 31.9 Å². The molecule has 0 aliphatic carbocycles. The number of aromatic nitrogens is 3. The van der Waals surface area contributed by atoms with Gasteiger partial charge in [-0.25, -0.2) is 9.97 Å². The molecule has 9 heteroatoms. The van der Waals surface area contributed by atoms with E-state index in [1.54, 1.807) is 18.5 Å². The maximum Gasteiger partial charge on any atom is 0.271 e. The number of nitro benzene ring substituents is 1. The first-order valence-electron chi connectivity index (χ1n) is 9.91. The Hall–Kier alpha value is -3.17. The van der Waals surface area contributed by atoms with Crippen LogP contribution in [0, 0.1) is 17.0 Å². The molecule has 1 aromatic carbocycles. The van der Waals surface area contributed by atoms with E-state index in [1.165, 1.54) is 33.6 Å². The molecule has 0 atom stereocenters. The number of ether oxygens (including phenoxy) is 1. The molecule has 0 spiro atoms. The van der Waals surface area contributed by atoms with Crippen molar-refractivity contribution in [3.63, 3.8) is 0 Å². The first-order valence-corrected chi connectivity index (χ1v) is 10.7. The van der Waals surface area contributed by atoms with Gasteiger partial charge in [-0.15, -0.1) is 11.3 Å². The number of nitro groups is 1. The molecule has 0 unspecified atom stereocenters. The van der Waals surface area contributed by atoms with E-state index in [9.17, 15) is 14.9 Å². The van der Waals surface area contributed by atoms with Gasteiger partial charge in [0.2, 0.25) is 0 Å². The number of rotatable bonds is 3. The van der Waals surface area contributed by atoms with Gasteiger partial charge in [-0.2, -0.15) is 0 Å². The molecule has 1 aliphatic rings. The van der Waals surface area contributed by atoms with Crippen LogP contribution in [-0.4, -0.2) is 25.1 Å². The smallest absolute Gasteiger partial charge is 0.271 e. The third kappa shape index (κ3) is 3.30. The van der Waals surface area contributed by atoms with Gasteiger partial charge in [0.25, 0.3) is 11.2 Å².